The van der Waals surface area contributed by atoms with Crippen molar-refractivity contribution in [2.75, 3.05) is 25.0 Å². The minimum absolute atomic E-state index is 0.120. The molecular formula is C19H27N3O2. The molecule has 0 aromatic heterocycles. The van der Waals surface area contributed by atoms with Gasteiger partial charge in [0.2, 0.25) is 5.91 Å². The molecule has 0 unspecified atom stereocenters. The molecule has 1 aromatic rings. The molecule has 0 atom stereocenters. The molecule has 0 aliphatic heterocycles. The number of carbonyl (C=O) groups excluding carboxylic acids is 2. The van der Waals surface area contributed by atoms with Crippen molar-refractivity contribution in [3.8, 4) is 0 Å². The van der Waals surface area contributed by atoms with Crippen molar-refractivity contribution in [2.45, 2.75) is 26.3 Å². The summed E-state index contributed by atoms with van der Waals surface area (Å²) in [5.41, 5.74) is 0.927. The average molecular weight is 329 g/mol. The van der Waals surface area contributed by atoms with Crippen molar-refractivity contribution < 1.29 is 9.59 Å². The lowest BCUT2D eigenvalue weighted by atomic mass is 10.1. The number of carbonyl (C=O) groups is 2. The highest BCUT2D eigenvalue weighted by atomic mass is 16.2. The van der Waals surface area contributed by atoms with Crippen molar-refractivity contribution in [3.63, 3.8) is 0 Å². The second-order valence-electron chi connectivity index (χ2n) is 6.60. The average Bonchev–Trinajstić information content (AvgIpc) is 2.46. The zero-order valence-electron chi connectivity index (χ0n) is 14.8. The first-order valence-corrected chi connectivity index (χ1v) is 7.91. The standard InChI is InChI=1S/C19H27N3O2/c1-6-12-22(13-7-2)14-17(23)20-16-10-8-15(9-11-16)18(24)21-19(3,4)5/h6-11H,1-2,12-14H2,3-5H3,(H,20,23)(H,21,24). The van der Waals surface area contributed by atoms with Crippen molar-refractivity contribution >= 4 is 17.5 Å². The van der Waals surface area contributed by atoms with Gasteiger partial charge >= 0.3 is 0 Å². The molecule has 2 N–H and O–H groups in total. The molecule has 0 bridgehead atoms. The summed E-state index contributed by atoms with van der Waals surface area (Å²) in [7, 11) is 0. The van der Waals surface area contributed by atoms with Crippen LogP contribution in [0.1, 0.15) is 31.1 Å². The smallest absolute Gasteiger partial charge is 0.251 e. The number of hydrogen-bond acceptors (Lipinski definition) is 3. The zero-order valence-corrected chi connectivity index (χ0v) is 14.8. The molecule has 0 saturated carbocycles. The maximum absolute atomic E-state index is 12.1. The first kappa shape index (κ1) is 19.6. The van der Waals surface area contributed by atoms with Crippen LogP contribution in [0.5, 0.6) is 0 Å². The van der Waals surface area contributed by atoms with Gasteiger partial charge in [0.1, 0.15) is 0 Å². The van der Waals surface area contributed by atoms with E-state index in [2.05, 4.69) is 23.8 Å². The van der Waals surface area contributed by atoms with Crippen LogP contribution >= 0.6 is 0 Å². The Hall–Kier alpha value is -2.40. The number of amides is 2. The summed E-state index contributed by atoms with van der Waals surface area (Å²) in [5, 5.41) is 5.72. The Bertz CT molecular complexity index is 576. The van der Waals surface area contributed by atoms with Crippen LogP contribution in [0.4, 0.5) is 5.69 Å². The lowest BCUT2D eigenvalue weighted by Crippen LogP contribution is -2.40. The summed E-state index contributed by atoms with van der Waals surface area (Å²) in [6.45, 7) is 14.6. The molecule has 5 nitrogen and oxygen atoms in total. The van der Waals surface area contributed by atoms with Gasteiger partial charge in [0.15, 0.2) is 0 Å². The fourth-order valence-corrected chi connectivity index (χ4v) is 2.09. The molecule has 5 heteroatoms. The third kappa shape index (κ3) is 7.24. The van der Waals surface area contributed by atoms with E-state index >= 15 is 0 Å². The number of rotatable bonds is 8. The first-order chi connectivity index (χ1) is 11.2. The molecule has 1 aromatic carbocycles. The minimum atomic E-state index is -0.288. The Morgan fingerprint density at radius 2 is 1.62 bits per heavy atom. The highest BCUT2D eigenvalue weighted by Gasteiger charge is 2.15. The summed E-state index contributed by atoms with van der Waals surface area (Å²) in [6, 6.07) is 6.84. The third-order valence-electron chi connectivity index (χ3n) is 3.06. The van der Waals surface area contributed by atoms with Gasteiger partial charge < -0.3 is 10.6 Å². The predicted octanol–water partition coefficient (Wildman–Crippen LogP) is 2.83. The molecule has 130 valence electrons. The first-order valence-electron chi connectivity index (χ1n) is 7.91. The molecule has 0 radical (unpaired) electrons. The Kier molecular flexibility index (Phi) is 7.39. The van der Waals surface area contributed by atoms with E-state index in [1.807, 2.05) is 25.7 Å². The Labute approximate surface area is 144 Å². The summed E-state index contributed by atoms with van der Waals surface area (Å²) in [5.74, 6) is -0.255. The van der Waals surface area contributed by atoms with Gasteiger partial charge in [0, 0.05) is 29.9 Å². The maximum Gasteiger partial charge on any atom is 0.251 e. The quantitative estimate of drug-likeness (QED) is 0.721. The largest absolute Gasteiger partial charge is 0.347 e. The number of hydrogen-bond donors (Lipinski definition) is 2. The van der Waals surface area contributed by atoms with Crippen LogP contribution in [-0.4, -0.2) is 41.9 Å². The van der Waals surface area contributed by atoms with Crippen molar-refractivity contribution in [1.82, 2.24) is 10.2 Å². The lowest BCUT2D eigenvalue weighted by Gasteiger charge is -2.20. The van der Waals surface area contributed by atoms with Crippen LogP contribution in [0.15, 0.2) is 49.6 Å². The number of anilines is 1. The second kappa shape index (κ2) is 9.03. The Balaban J connectivity index is 2.63. The molecule has 0 fully saturated rings. The van der Waals surface area contributed by atoms with E-state index in [9.17, 15) is 9.59 Å². The molecule has 0 heterocycles. The second-order valence-corrected chi connectivity index (χ2v) is 6.60. The van der Waals surface area contributed by atoms with E-state index in [1.54, 1.807) is 36.4 Å². The summed E-state index contributed by atoms with van der Waals surface area (Å²) in [4.78, 5) is 26.1. The van der Waals surface area contributed by atoms with Crippen molar-refractivity contribution in [1.29, 1.82) is 0 Å². The van der Waals surface area contributed by atoms with Gasteiger partial charge in [0.25, 0.3) is 5.91 Å². The van der Waals surface area contributed by atoms with Gasteiger partial charge in [-0.25, -0.2) is 0 Å². The van der Waals surface area contributed by atoms with Crippen LogP contribution in [0.25, 0.3) is 0 Å². The molecular weight excluding hydrogens is 302 g/mol. The molecule has 0 saturated heterocycles. The van der Waals surface area contributed by atoms with Crippen LogP contribution < -0.4 is 10.6 Å². The van der Waals surface area contributed by atoms with Gasteiger partial charge in [-0.05, 0) is 45.0 Å². The third-order valence-corrected chi connectivity index (χ3v) is 3.06. The molecule has 24 heavy (non-hydrogen) atoms. The van der Waals surface area contributed by atoms with Crippen molar-refractivity contribution in [2.24, 2.45) is 0 Å². The van der Waals surface area contributed by atoms with Crippen LogP contribution in [-0.2, 0) is 4.79 Å². The van der Waals surface area contributed by atoms with E-state index in [0.717, 1.165) is 0 Å². The van der Waals surface area contributed by atoms with Gasteiger partial charge in [-0.2, -0.15) is 0 Å². The van der Waals surface area contributed by atoms with E-state index in [0.29, 0.717) is 24.3 Å². The molecule has 0 aliphatic rings. The fourth-order valence-electron chi connectivity index (χ4n) is 2.09. The Morgan fingerprint density at radius 3 is 2.08 bits per heavy atom. The van der Waals surface area contributed by atoms with Crippen molar-refractivity contribution in [3.05, 3.63) is 55.1 Å². The van der Waals surface area contributed by atoms with Gasteiger partial charge in [-0.3, -0.25) is 14.5 Å². The van der Waals surface area contributed by atoms with E-state index in [1.165, 1.54) is 0 Å². The summed E-state index contributed by atoms with van der Waals surface area (Å²) in [6.07, 6.45) is 3.50. The number of nitrogens with zero attached hydrogens (tertiary/aromatic N) is 1. The Morgan fingerprint density at radius 1 is 1.08 bits per heavy atom. The molecule has 1 rings (SSSR count). The van der Waals surface area contributed by atoms with Gasteiger partial charge in [0.05, 0.1) is 6.54 Å². The summed E-state index contributed by atoms with van der Waals surface area (Å²) >= 11 is 0. The molecule has 2 amide bonds. The van der Waals surface area contributed by atoms with E-state index in [-0.39, 0.29) is 23.9 Å². The monoisotopic (exact) mass is 329 g/mol. The van der Waals surface area contributed by atoms with Crippen LogP contribution in [0, 0.1) is 0 Å². The maximum atomic E-state index is 12.1. The minimum Gasteiger partial charge on any atom is -0.347 e. The lowest BCUT2D eigenvalue weighted by molar-refractivity contribution is -0.117. The highest BCUT2D eigenvalue weighted by Crippen LogP contribution is 2.11. The fraction of sp³-hybridized carbons (Fsp3) is 0.368. The number of benzene rings is 1. The van der Waals surface area contributed by atoms with Gasteiger partial charge in [-0.15, -0.1) is 13.2 Å². The van der Waals surface area contributed by atoms with E-state index < -0.39 is 0 Å². The molecule has 0 aliphatic carbocycles. The molecule has 0 spiro atoms. The zero-order chi connectivity index (χ0) is 18.2. The van der Waals surface area contributed by atoms with Crippen LogP contribution in [0.2, 0.25) is 0 Å². The highest BCUT2D eigenvalue weighted by molar-refractivity contribution is 5.96. The SMILES string of the molecule is C=CCN(CC=C)CC(=O)Nc1ccc(C(=O)NC(C)(C)C)cc1. The predicted molar refractivity (Wildman–Crippen MR) is 99.1 cm³/mol. The number of nitrogens with one attached hydrogen (secondary N) is 2. The van der Waals surface area contributed by atoms with Crippen LogP contribution in [0.3, 0.4) is 0 Å². The van der Waals surface area contributed by atoms with E-state index in [4.69, 9.17) is 0 Å². The normalized spacial score (nSPS) is 11.0. The topological polar surface area (TPSA) is 61.4 Å². The van der Waals surface area contributed by atoms with Gasteiger partial charge in [-0.1, -0.05) is 12.2 Å². The summed E-state index contributed by atoms with van der Waals surface area (Å²) < 4.78 is 0.